The van der Waals surface area contributed by atoms with Crippen molar-refractivity contribution in [2.75, 3.05) is 5.88 Å². The van der Waals surface area contributed by atoms with Crippen LogP contribution in [0, 0.1) is 5.41 Å². The summed E-state index contributed by atoms with van der Waals surface area (Å²) < 4.78 is 0. The van der Waals surface area contributed by atoms with Gasteiger partial charge in [0.1, 0.15) is 0 Å². The van der Waals surface area contributed by atoms with Crippen molar-refractivity contribution < 1.29 is 4.79 Å². The predicted molar refractivity (Wildman–Crippen MR) is 62.8 cm³/mol. The quantitative estimate of drug-likeness (QED) is 0.449. The SMILES string of the molecule is CC(C)SSCNC(=O)C(C)(C)C. The number of carbonyl (C=O) groups is 1. The van der Waals surface area contributed by atoms with E-state index in [2.05, 4.69) is 19.2 Å². The van der Waals surface area contributed by atoms with Gasteiger partial charge in [-0.05, 0) is 0 Å². The molecular weight excluding hydrogens is 202 g/mol. The van der Waals surface area contributed by atoms with Gasteiger partial charge in [-0.3, -0.25) is 4.79 Å². The number of nitrogens with one attached hydrogen (secondary N) is 1. The second kappa shape index (κ2) is 5.81. The van der Waals surface area contributed by atoms with Gasteiger partial charge in [-0.25, -0.2) is 0 Å². The highest BCUT2D eigenvalue weighted by Crippen LogP contribution is 2.25. The Balaban J connectivity index is 3.49. The number of carbonyl (C=O) groups excluding carboxylic acids is 1. The van der Waals surface area contributed by atoms with Crippen molar-refractivity contribution in [3.8, 4) is 0 Å². The highest BCUT2D eigenvalue weighted by molar-refractivity contribution is 8.76. The minimum atomic E-state index is -0.275. The van der Waals surface area contributed by atoms with E-state index < -0.39 is 0 Å². The number of rotatable bonds is 4. The third kappa shape index (κ3) is 7.26. The molecule has 13 heavy (non-hydrogen) atoms. The monoisotopic (exact) mass is 221 g/mol. The van der Waals surface area contributed by atoms with Crippen LogP contribution in [-0.4, -0.2) is 17.0 Å². The van der Waals surface area contributed by atoms with Crippen LogP contribution in [0.2, 0.25) is 0 Å². The Morgan fingerprint density at radius 2 is 1.92 bits per heavy atom. The maximum absolute atomic E-state index is 11.4. The van der Waals surface area contributed by atoms with Crippen molar-refractivity contribution in [2.45, 2.75) is 39.9 Å². The molecule has 0 rings (SSSR count). The van der Waals surface area contributed by atoms with Crippen LogP contribution in [0.15, 0.2) is 0 Å². The molecule has 0 aliphatic heterocycles. The molecule has 0 aromatic rings. The molecule has 2 nitrogen and oxygen atoms in total. The van der Waals surface area contributed by atoms with Gasteiger partial charge in [-0.15, -0.1) is 0 Å². The molecule has 0 spiro atoms. The molecule has 0 radical (unpaired) electrons. The summed E-state index contributed by atoms with van der Waals surface area (Å²) in [6.45, 7) is 10.0. The summed E-state index contributed by atoms with van der Waals surface area (Å²) in [6.07, 6.45) is 0. The fourth-order valence-corrected chi connectivity index (χ4v) is 2.26. The Morgan fingerprint density at radius 1 is 1.38 bits per heavy atom. The fraction of sp³-hybridized carbons (Fsp3) is 0.889. The normalized spacial score (nSPS) is 11.8. The average molecular weight is 221 g/mol. The zero-order chi connectivity index (χ0) is 10.5. The van der Waals surface area contributed by atoms with Crippen LogP contribution in [0.4, 0.5) is 0 Å². The molecule has 0 saturated heterocycles. The Morgan fingerprint density at radius 3 is 2.31 bits per heavy atom. The first-order valence-electron chi connectivity index (χ1n) is 4.40. The van der Waals surface area contributed by atoms with Crippen molar-refractivity contribution in [3.63, 3.8) is 0 Å². The van der Waals surface area contributed by atoms with Gasteiger partial charge in [0.25, 0.3) is 0 Å². The Hall–Kier alpha value is 0.170. The average Bonchev–Trinajstić information content (AvgIpc) is 1.95. The van der Waals surface area contributed by atoms with Gasteiger partial charge < -0.3 is 5.32 Å². The van der Waals surface area contributed by atoms with E-state index in [1.54, 1.807) is 21.6 Å². The lowest BCUT2D eigenvalue weighted by molar-refractivity contribution is -0.128. The molecule has 0 heterocycles. The van der Waals surface area contributed by atoms with E-state index in [-0.39, 0.29) is 11.3 Å². The van der Waals surface area contributed by atoms with Crippen LogP contribution >= 0.6 is 21.6 Å². The fourth-order valence-electron chi connectivity index (χ4n) is 0.530. The summed E-state index contributed by atoms with van der Waals surface area (Å²) in [5.74, 6) is 0.809. The topological polar surface area (TPSA) is 29.1 Å². The number of hydrogen-bond acceptors (Lipinski definition) is 3. The van der Waals surface area contributed by atoms with Crippen LogP contribution in [0.5, 0.6) is 0 Å². The Bertz CT molecular complexity index is 163. The summed E-state index contributed by atoms with van der Waals surface area (Å²) in [7, 11) is 3.48. The van der Waals surface area contributed by atoms with E-state index in [4.69, 9.17) is 0 Å². The van der Waals surface area contributed by atoms with Crippen molar-refractivity contribution in [1.29, 1.82) is 0 Å². The standard InChI is InChI=1S/C9H19NOS2/c1-7(2)13-12-6-10-8(11)9(3,4)5/h7H,6H2,1-5H3,(H,10,11). The van der Waals surface area contributed by atoms with Gasteiger partial charge in [0, 0.05) is 10.7 Å². The smallest absolute Gasteiger partial charge is 0.226 e. The minimum absolute atomic E-state index is 0.115. The maximum atomic E-state index is 11.4. The number of hydrogen-bond donors (Lipinski definition) is 1. The van der Waals surface area contributed by atoms with E-state index in [1.165, 1.54) is 0 Å². The summed E-state index contributed by atoms with van der Waals surface area (Å²) in [5.41, 5.74) is -0.275. The molecule has 78 valence electrons. The lowest BCUT2D eigenvalue weighted by Gasteiger charge is -2.17. The van der Waals surface area contributed by atoms with Gasteiger partial charge in [-0.1, -0.05) is 56.2 Å². The molecule has 0 aromatic heterocycles. The van der Waals surface area contributed by atoms with E-state index in [9.17, 15) is 4.79 Å². The van der Waals surface area contributed by atoms with Gasteiger partial charge in [-0.2, -0.15) is 0 Å². The van der Waals surface area contributed by atoms with Gasteiger partial charge in [0.2, 0.25) is 5.91 Å². The summed E-state index contributed by atoms with van der Waals surface area (Å²) in [6, 6.07) is 0. The third-order valence-corrected chi connectivity index (χ3v) is 3.93. The van der Waals surface area contributed by atoms with Crippen LogP contribution in [0.3, 0.4) is 0 Å². The summed E-state index contributed by atoms with van der Waals surface area (Å²) in [4.78, 5) is 11.4. The lowest BCUT2D eigenvalue weighted by atomic mass is 9.96. The molecule has 0 atom stereocenters. The molecule has 0 bridgehead atoms. The first-order chi connectivity index (χ1) is 5.84. The van der Waals surface area contributed by atoms with E-state index in [1.807, 2.05) is 20.8 Å². The number of amides is 1. The molecule has 1 amide bonds. The molecule has 0 aliphatic rings. The second-order valence-corrected chi connectivity index (χ2v) is 7.11. The van der Waals surface area contributed by atoms with E-state index in [0.29, 0.717) is 11.1 Å². The first-order valence-corrected chi connectivity index (χ1v) is 6.79. The highest BCUT2D eigenvalue weighted by Gasteiger charge is 2.20. The molecule has 1 N–H and O–H groups in total. The van der Waals surface area contributed by atoms with Crippen LogP contribution < -0.4 is 5.32 Å². The first kappa shape index (κ1) is 13.2. The summed E-state index contributed by atoms with van der Waals surface area (Å²) >= 11 is 0. The van der Waals surface area contributed by atoms with Crippen LogP contribution in [0.1, 0.15) is 34.6 Å². The third-order valence-electron chi connectivity index (χ3n) is 1.23. The molecule has 0 aromatic carbocycles. The molecule has 0 fully saturated rings. The Kier molecular flexibility index (Phi) is 5.88. The lowest BCUT2D eigenvalue weighted by Crippen LogP contribution is -2.34. The van der Waals surface area contributed by atoms with Crippen LogP contribution in [-0.2, 0) is 4.79 Å². The molecular formula is C9H19NOS2. The zero-order valence-corrected chi connectivity index (χ0v) is 10.6. The van der Waals surface area contributed by atoms with E-state index >= 15 is 0 Å². The van der Waals surface area contributed by atoms with Crippen LogP contribution in [0.25, 0.3) is 0 Å². The molecule has 0 unspecified atom stereocenters. The Labute approximate surface area is 89.0 Å². The summed E-state index contributed by atoms with van der Waals surface area (Å²) in [5, 5.41) is 3.49. The van der Waals surface area contributed by atoms with E-state index in [0.717, 1.165) is 0 Å². The van der Waals surface area contributed by atoms with Crippen molar-refractivity contribution in [1.82, 2.24) is 5.32 Å². The van der Waals surface area contributed by atoms with Gasteiger partial charge in [0.05, 0.1) is 5.88 Å². The zero-order valence-electron chi connectivity index (χ0n) is 9.01. The predicted octanol–water partition coefficient (Wildman–Crippen LogP) is 2.90. The molecule has 4 heteroatoms. The largest absolute Gasteiger partial charge is 0.346 e. The van der Waals surface area contributed by atoms with Gasteiger partial charge in [0.15, 0.2) is 0 Å². The molecule has 0 aliphatic carbocycles. The van der Waals surface area contributed by atoms with Crippen molar-refractivity contribution >= 4 is 27.5 Å². The highest BCUT2D eigenvalue weighted by atomic mass is 33.1. The van der Waals surface area contributed by atoms with Crippen molar-refractivity contribution in [2.24, 2.45) is 5.41 Å². The maximum Gasteiger partial charge on any atom is 0.226 e. The second-order valence-electron chi connectivity index (χ2n) is 4.16. The van der Waals surface area contributed by atoms with Gasteiger partial charge >= 0.3 is 0 Å². The minimum Gasteiger partial charge on any atom is -0.346 e. The van der Waals surface area contributed by atoms with Crippen molar-refractivity contribution in [3.05, 3.63) is 0 Å². The molecule has 0 saturated carbocycles.